The van der Waals surface area contributed by atoms with Gasteiger partial charge in [-0.15, -0.1) is 0 Å². The number of hydrogen-bond acceptors (Lipinski definition) is 3. The first-order valence-electron chi connectivity index (χ1n) is 16.4. The number of fused-ring (bicyclic) bond motifs is 5. The number of nitrogens with one attached hydrogen (secondary N) is 1. The van der Waals surface area contributed by atoms with Gasteiger partial charge in [0.05, 0.1) is 0 Å². The number of alkyl carbamates (subject to hydrolysis) is 1. The lowest BCUT2D eigenvalue weighted by atomic mass is 9.47. The maximum Gasteiger partial charge on any atom is 0.407 e. The van der Waals surface area contributed by atoms with Gasteiger partial charge in [-0.1, -0.05) is 78.4 Å². The second kappa shape index (κ2) is 13.1. The number of carbonyl (C=O) groups is 1. The molecule has 0 heterocycles. The van der Waals surface area contributed by atoms with Gasteiger partial charge < -0.3 is 15.2 Å². The summed E-state index contributed by atoms with van der Waals surface area (Å²) >= 11 is 0. The van der Waals surface area contributed by atoms with Crippen LogP contribution in [0.25, 0.3) is 0 Å². The van der Waals surface area contributed by atoms with Gasteiger partial charge in [0.1, 0.15) is 6.10 Å². The Morgan fingerprint density at radius 3 is 2.55 bits per heavy atom. The third kappa shape index (κ3) is 6.47. The number of ether oxygens (including phenoxy) is 1. The van der Waals surface area contributed by atoms with Gasteiger partial charge in [-0.2, -0.15) is 0 Å². The molecule has 4 heteroatoms. The van der Waals surface area contributed by atoms with Gasteiger partial charge in [0.15, 0.2) is 0 Å². The van der Waals surface area contributed by atoms with Crippen molar-refractivity contribution in [2.24, 2.45) is 46.3 Å². The summed E-state index contributed by atoms with van der Waals surface area (Å²) in [6.45, 7) is 13.5. The maximum absolute atomic E-state index is 12.4. The molecule has 1 amide bonds. The summed E-state index contributed by atoms with van der Waals surface area (Å²) in [6, 6.07) is 0. The smallest absolute Gasteiger partial charge is 0.407 e. The van der Waals surface area contributed by atoms with E-state index in [2.05, 4.69) is 46.0 Å². The molecule has 38 heavy (non-hydrogen) atoms. The van der Waals surface area contributed by atoms with Crippen LogP contribution in [-0.2, 0) is 4.74 Å². The van der Waals surface area contributed by atoms with Crippen LogP contribution in [0.2, 0.25) is 0 Å². The molecule has 0 aromatic rings. The molecule has 0 saturated heterocycles. The molecule has 3 fully saturated rings. The number of hydrogen-bond donors (Lipinski definition) is 2. The average Bonchev–Trinajstić information content (AvgIpc) is 3.23. The average molecular weight is 530 g/mol. The van der Waals surface area contributed by atoms with Gasteiger partial charge in [0.25, 0.3) is 0 Å². The standard InChI is InChI=1S/C34H59NO3/c1-24(2)11-10-12-25(3)29-15-16-30-28-14-13-26-23-27(38-32(37)35-21-8-6-7-9-22-36)17-19-33(26,4)31(28)18-20-34(29,30)5/h13,24-25,27-31,36H,6-12,14-23H2,1-5H3,(H,35,37)/t25-,27+,28+,29?,30?,31?,33+,34-/m1/s1. The van der Waals surface area contributed by atoms with Crippen LogP contribution in [0.5, 0.6) is 0 Å². The topological polar surface area (TPSA) is 58.6 Å². The van der Waals surface area contributed by atoms with Crippen LogP contribution in [0.1, 0.15) is 131 Å². The van der Waals surface area contributed by atoms with Crippen molar-refractivity contribution in [3.63, 3.8) is 0 Å². The predicted molar refractivity (Wildman–Crippen MR) is 157 cm³/mol. The second-order valence-electron chi connectivity index (χ2n) is 14.6. The first-order valence-corrected chi connectivity index (χ1v) is 16.4. The molecule has 3 saturated carbocycles. The zero-order chi connectivity index (χ0) is 27.3. The highest BCUT2D eigenvalue weighted by Gasteiger charge is 2.59. The Balaban J connectivity index is 1.31. The molecule has 0 radical (unpaired) electrons. The number of aliphatic hydroxyl groups is 1. The molecule has 0 bridgehead atoms. The van der Waals surface area contributed by atoms with Crippen molar-refractivity contribution >= 4 is 6.09 Å². The maximum atomic E-state index is 12.4. The third-order valence-corrected chi connectivity index (χ3v) is 11.9. The van der Waals surface area contributed by atoms with Crippen LogP contribution < -0.4 is 5.32 Å². The van der Waals surface area contributed by atoms with Gasteiger partial charge in [0.2, 0.25) is 0 Å². The lowest BCUT2D eigenvalue weighted by molar-refractivity contribution is -0.0581. The molecular formula is C34H59NO3. The van der Waals surface area contributed by atoms with Crippen LogP contribution in [-0.4, -0.2) is 30.5 Å². The predicted octanol–water partition coefficient (Wildman–Crippen LogP) is 8.68. The monoisotopic (exact) mass is 529 g/mol. The van der Waals surface area contributed by atoms with Gasteiger partial charge >= 0.3 is 6.09 Å². The summed E-state index contributed by atoms with van der Waals surface area (Å²) in [6.07, 6.45) is 20.5. The first-order chi connectivity index (χ1) is 18.2. The number of unbranched alkanes of at least 4 members (excludes halogenated alkanes) is 3. The zero-order valence-corrected chi connectivity index (χ0v) is 25.4. The third-order valence-electron chi connectivity index (χ3n) is 11.9. The summed E-state index contributed by atoms with van der Waals surface area (Å²) < 4.78 is 5.89. The minimum Gasteiger partial charge on any atom is -0.446 e. The number of carbonyl (C=O) groups excluding carboxylic acids is 1. The molecule has 0 spiro atoms. The molecule has 3 unspecified atom stereocenters. The molecular weight excluding hydrogens is 470 g/mol. The van der Waals surface area contributed by atoms with Crippen molar-refractivity contribution in [1.29, 1.82) is 0 Å². The van der Waals surface area contributed by atoms with Crippen molar-refractivity contribution in [2.75, 3.05) is 13.2 Å². The van der Waals surface area contributed by atoms with Crippen LogP contribution in [0.4, 0.5) is 4.79 Å². The number of rotatable bonds is 12. The minimum absolute atomic E-state index is 0.0247. The fourth-order valence-electron chi connectivity index (χ4n) is 9.73. The number of aliphatic hydroxyl groups excluding tert-OH is 1. The van der Waals surface area contributed by atoms with Crippen molar-refractivity contribution in [1.82, 2.24) is 5.32 Å². The summed E-state index contributed by atoms with van der Waals surface area (Å²) in [7, 11) is 0. The van der Waals surface area contributed by atoms with E-state index in [0.29, 0.717) is 17.4 Å². The summed E-state index contributed by atoms with van der Waals surface area (Å²) in [4.78, 5) is 12.4. The molecule has 4 nitrogen and oxygen atoms in total. The summed E-state index contributed by atoms with van der Waals surface area (Å²) in [5.74, 6) is 5.16. The summed E-state index contributed by atoms with van der Waals surface area (Å²) in [5.41, 5.74) is 2.43. The van der Waals surface area contributed by atoms with E-state index in [1.165, 1.54) is 51.4 Å². The van der Waals surface area contributed by atoms with Gasteiger partial charge in [-0.05, 0) is 104 Å². The molecule has 0 aliphatic heterocycles. The Morgan fingerprint density at radius 1 is 1.00 bits per heavy atom. The first kappa shape index (κ1) is 29.9. The van der Waals surface area contributed by atoms with E-state index < -0.39 is 0 Å². The van der Waals surface area contributed by atoms with Crippen LogP contribution in [0.15, 0.2) is 11.6 Å². The van der Waals surface area contributed by atoms with E-state index in [1.54, 1.807) is 5.57 Å². The summed E-state index contributed by atoms with van der Waals surface area (Å²) in [5, 5.41) is 11.8. The lowest BCUT2D eigenvalue weighted by Gasteiger charge is -2.58. The Kier molecular flexibility index (Phi) is 10.3. The van der Waals surface area contributed by atoms with Gasteiger partial charge in [-0.25, -0.2) is 4.79 Å². The quantitative estimate of drug-likeness (QED) is 0.196. The molecule has 8 atom stereocenters. The van der Waals surface area contributed by atoms with Crippen LogP contribution in [0.3, 0.4) is 0 Å². The zero-order valence-electron chi connectivity index (χ0n) is 25.4. The molecule has 0 aromatic heterocycles. The molecule has 218 valence electrons. The van der Waals surface area contributed by atoms with Crippen molar-refractivity contribution in [2.45, 2.75) is 137 Å². The largest absolute Gasteiger partial charge is 0.446 e. The van der Waals surface area contributed by atoms with E-state index >= 15 is 0 Å². The highest BCUT2D eigenvalue weighted by Crippen LogP contribution is 2.67. The second-order valence-corrected chi connectivity index (χ2v) is 14.6. The van der Waals surface area contributed by atoms with E-state index in [1.807, 2.05) is 0 Å². The van der Waals surface area contributed by atoms with E-state index in [4.69, 9.17) is 9.84 Å². The molecule has 0 aromatic carbocycles. The van der Waals surface area contributed by atoms with E-state index in [9.17, 15) is 4.79 Å². The minimum atomic E-state index is -0.247. The number of amides is 1. The van der Waals surface area contributed by atoms with Gasteiger partial charge in [-0.3, -0.25) is 0 Å². The molecule has 4 aliphatic rings. The Labute approximate surface area is 234 Å². The van der Waals surface area contributed by atoms with E-state index in [-0.39, 0.29) is 18.8 Å². The van der Waals surface area contributed by atoms with Crippen molar-refractivity contribution < 1.29 is 14.6 Å². The van der Waals surface area contributed by atoms with Crippen LogP contribution >= 0.6 is 0 Å². The van der Waals surface area contributed by atoms with E-state index in [0.717, 1.165) is 80.5 Å². The SMILES string of the molecule is CC(C)CCC[C@@H](C)C1CCC2[C@@H]3CC=C4C[C@@H](OC(=O)NCCCCCCO)CC[C@]4(C)C3CC[C@@]21C. The normalized spacial score (nSPS) is 37.1. The molecule has 4 aliphatic carbocycles. The highest BCUT2D eigenvalue weighted by molar-refractivity contribution is 5.67. The number of allylic oxidation sites excluding steroid dienone is 1. The van der Waals surface area contributed by atoms with Crippen molar-refractivity contribution in [3.8, 4) is 0 Å². The highest BCUT2D eigenvalue weighted by atomic mass is 16.6. The van der Waals surface area contributed by atoms with Crippen LogP contribution in [0, 0.1) is 46.3 Å². The van der Waals surface area contributed by atoms with Crippen molar-refractivity contribution in [3.05, 3.63) is 11.6 Å². The fraction of sp³-hybridized carbons (Fsp3) is 0.912. The molecule has 4 rings (SSSR count). The Hall–Kier alpha value is -1.03. The molecule has 2 N–H and O–H groups in total. The Morgan fingerprint density at radius 2 is 1.79 bits per heavy atom. The fourth-order valence-corrected chi connectivity index (χ4v) is 9.73. The van der Waals surface area contributed by atoms with Gasteiger partial charge in [0, 0.05) is 19.6 Å². The Bertz CT molecular complexity index is 808. The lowest BCUT2D eigenvalue weighted by Crippen LogP contribution is -2.51.